The van der Waals surface area contributed by atoms with E-state index in [1.54, 1.807) is 11.3 Å². The molecule has 0 amide bonds. The van der Waals surface area contributed by atoms with Crippen molar-refractivity contribution in [2.24, 2.45) is 0 Å². The minimum Gasteiger partial charge on any atom is -0.492 e. The molecule has 0 spiro atoms. The molecule has 1 N–H and O–H groups in total. The van der Waals surface area contributed by atoms with Crippen LogP contribution < -0.4 is 4.74 Å². The molecule has 0 aliphatic rings. The van der Waals surface area contributed by atoms with Gasteiger partial charge in [0.1, 0.15) is 17.1 Å². The zero-order valence-corrected chi connectivity index (χ0v) is 10.2. The van der Waals surface area contributed by atoms with Crippen LogP contribution in [0.25, 0.3) is 0 Å². The first kappa shape index (κ1) is 12.6. The number of carboxylic acids is 1. The number of benzene rings is 1. The van der Waals surface area contributed by atoms with Gasteiger partial charge in [-0.05, 0) is 34.5 Å². The Balaban J connectivity index is 2.03. The summed E-state index contributed by atoms with van der Waals surface area (Å²) in [7, 11) is 0. The van der Waals surface area contributed by atoms with E-state index in [0.717, 1.165) is 17.7 Å². The quantitative estimate of drug-likeness (QED) is 0.904. The molecule has 0 atom stereocenters. The normalized spacial score (nSPS) is 10.3. The summed E-state index contributed by atoms with van der Waals surface area (Å²) in [6, 6.07) is 5.38. The van der Waals surface area contributed by atoms with Crippen molar-refractivity contribution in [3.05, 3.63) is 52.0 Å². The van der Waals surface area contributed by atoms with E-state index < -0.39 is 11.8 Å². The summed E-state index contributed by atoms with van der Waals surface area (Å²) in [5.74, 6) is -1.57. The molecule has 0 fully saturated rings. The second-order valence-electron chi connectivity index (χ2n) is 3.68. The topological polar surface area (TPSA) is 46.5 Å². The fourth-order valence-corrected chi connectivity index (χ4v) is 2.21. The van der Waals surface area contributed by atoms with Crippen LogP contribution in [0.4, 0.5) is 4.39 Å². The number of rotatable bonds is 5. The van der Waals surface area contributed by atoms with Crippen LogP contribution in [0.5, 0.6) is 5.75 Å². The maximum atomic E-state index is 13.0. The van der Waals surface area contributed by atoms with E-state index in [1.807, 2.05) is 16.8 Å². The van der Waals surface area contributed by atoms with E-state index in [-0.39, 0.29) is 11.3 Å². The number of hydrogen-bond donors (Lipinski definition) is 1. The smallest absolute Gasteiger partial charge is 0.339 e. The molecule has 1 aromatic heterocycles. The van der Waals surface area contributed by atoms with Gasteiger partial charge in [0.25, 0.3) is 0 Å². The van der Waals surface area contributed by atoms with Crippen molar-refractivity contribution in [3.8, 4) is 5.75 Å². The lowest BCUT2D eigenvalue weighted by Gasteiger charge is -2.08. The second kappa shape index (κ2) is 5.64. The van der Waals surface area contributed by atoms with E-state index in [0.29, 0.717) is 13.0 Å². The highest BCUT2D eigenvalue weighted by molar-refractivity contribution is 7.07. The Morgan fingerprint density at radius 2 is 2.22 bits per heavy atom. The maximum absolute atomic E-state index is 13.0. The van der Waals surface area contributed by atoms with Gasteiger partial charge in [-0.15, -0.1) is 0 Å². The Hall–Kier alpha value is -1.88. The van der Waals surface area contributed by atoms with E-state index in [1.165, 1.54) is 6.07 Å². The van der Waals surface area contributed by atoms with Crippen molar-refractivity contribution in [3.63, 3.8) is 0 Å². The monoisotopic (exact) mass is 266 g/mol. The molecule has 3 nitrogen and oxygen atoms in total. The molecule has 0 aliphatic carbocycles. The molecule has 0 aliphatic heterocycles. The number of hydrogen-bond acceptors (Lipinski definition) is 3. The summed E-state index contributed by atoms with van der Waals surface area (Å²) in [5.41, 5.74) is 1.09. The van der Waals surface area contributed by atoms with Crippen LogP contribution in [0, 0.1) is 5.82 Å². The summed E-state index contributed by atoms with van der Waals surface area (Å²) < 4.78 is 18.4. The highest BCUT2D eigenvalue weighted by Crippen LogP contribution is 2.20. The fourth-order valence-electron chi connectivity index (χ4n) is 1.51. The van der Waals surface area contributed by atoms with Gasteiger partial charge in [0.05, 0.1) is 6.61 Å². The molecule has 0 unspecified atom stereocenters. The Morgan fingerprint density at radius 1 is 1.39 bits per heavy atom. The molecule has 94 valence electrons. The van der Waals surface area contributed by atoms with Crippen molar-refractivity contribution < 1.29 is 19.0 Å². The van der Waals surface area contributed by atoms with Crippen LogP contribution in [0.2, 0.25) is 0 Å². The predicted molar refractivity (Wildman–Crippen MR) is 66.9 cm³/mol. The minimum atomic E-state index is -1.12. The molecule has 2 rings (SSSR count). The van der Waals surface area contributed by atoms with Crippen molar-refractivity contribution in [2.75, 3.05) is 6.61 Å². The molecule has 0 saturated carbocycles. The minimum absolute atomic E-state index is 0.0262. The Kier molecular flexibility index (Phi) is 3.94. The number of carboxylic acid groups (broad SMARTS) is 1. The zero-order valence-electron chi connectivity index (χ0n) is 9.43. The van der Waals surface area contributed by atoms with Gasteiger partial charge in [0, 0.05) is 12.5 Å². The van der Waals surface area contributed by atoms with Gasteiger partial charge >= 0.3 is 5.97 Å². The molecular weight excluding hydrogens is 255 g/mol. The molecule has 0 radical (unpaired) electrons. The van der Waals surface area contributed by atoms with Crippen LogP contribution in [0.3, 0.4) is 0 Å². The van der Waals surface area contributed by atoms with Crippen LogP contribution >= 0.6 is 11.3 Å². The summed E-state index contributed by atoms with van der Waals surface area (Å²) in [5, 5.41) is 12.9. The van der Waals surface area contributed by atoms with Crippen LogP contribution in [-0.4, -0.2) is 17.7 Å². The van der Waals surface area contributed by atoms with Gasteiger partial charge in [0.2, 0.25) is 0 Å². The third-order valence-electron chi connectivity index (χ3n) is 2.40. The SMILES string of the molecule is O=C(O)c1ccc(F)cc1OCCc1ccsc1. The van der Waals surface area contributed by atoms with Crippen molar-refractivity contribution in [1.82, 2.24) is 0 Å². The average Bonchev–Trinajstić information content (AvgIpc) is 2.82. The molecule has 1 aromatic carbocycles. The van der Waals surface area contributed by atoms with Crippen LogP contribution in [0.15, 0.2) is 35.0 Å². The largest absolute Gasteiger partial charge is 0.492 e. The maximum Gasteiger partial charge on any atom is 0.339 e. The van der Waals surface area contributed by atoms with Crippen molar-refractivity contribution >= 4 is 17.3 Å². The van der Waals surface area contributed by atoms with Gasteiger partial charge in [-0.2, -0.15) is 11.3 Å². The number of aromatic carboxylic acids is 1. The third kappa shape index (κ3) is 3.07. The predicted octanol–water partition coefficient (Wildman–Crippen LogP) is 3.21. The van der Waals surface area contributed by atoms with Crippen molar-refractivity contribution in [1.29, 1.82) is 0 Å². The first-order chi connectivity index (χ1) is 8.66. The molecule has 0 saturated heterocycles. The number of ether oxygens (including phenoxy) is 1. The first-order valence-electron chi connectivity index (χ1n) is 5.33. The lowest BCUT2D eigenvalue weighted by Crippen LogP contribution is -2.06. The Labute approximate surface area is 107 Å². The van der Waals surface area contributed by atoms with E-state index in [4.69, 9.17) is 9.84 Å². The highest BCUT2D eigenvalue weighted by Gasteiger charge is 2.12. The summed E-state index contributed by atoms with van der Waals surface area (Å²) in [6.45, 7) is 0.320. The standard InChI is InChI=1S/C13H11FO3S/c14-10-1-2-11(13(15)16)12(7-10)17-5-3-9-4-6-18-8-9/h1-2,4,6-8H,3,5H2,(H,15,16). The molecular formula is C13H11FO3S. The fraction of sp³-hybridized carbons (Fsp3) is 0.154. The van der Waals surface area contributed by atoms with Gasteiger partial charge in [-0.25, -0.2) is 9.18 Å². The zero-order chi connectivity index (χ0) is 13.0. The number of halogens is 1. The van der Waals surface area contributed by atoms with Crippen LogP contribution in [-0.2, 0) is 6.42 Å². The average molecular weight is 266 g/mol. The lowest BCUT2D eigenvalue weighted by atomic mass is 10.2. The van der Waals surface area contributed by atoms with E-state index >= 15 is 0 Å². The van der Waals surface area contributed by atoms with Gasteiger partial charge in [-0.3, -0.25) is 0 Å². The molecule has 1 heterocycles. The molecule has 2 aromatic rings. The van der Waals surface area contributed by atoms with Gasteiger partial charge in [-0.1, -0.05) is 0 Å². The van der Waals surface area contributed by atoms with Crippen molar-refractivity contribution in [2.45, 2.75) is 6.42 Å². The summed E-state index contributed by atoms with van der Waals surface area (Å²) in [6.07, 6.45) is 0.666. The van der Waals surface area contributed by atoms with Gasteiger partial charge in [0.15, 0.2) is 0 Å². The van der Waals surface area contributed by atoms with Crippen LogP contribution in [0.1, 0.15) is 15.9 Å². The summed E-state index contributed by atoms with van der Waals surface area (Å²) in [4.78, 5) is 10.9. The summed E-state index contributed by atoms with van der Waals surface area (Å²) >= 11 is 1.59. The number of thiophene rings is 1. The Bertz CT molecular complexity index is 537. The molecule has 18 heavy (non-hydrogen) atoms. The number of carbonyl (C=O) groups is 1. The molecule has 5 heteroatoms. The van der Waals surface area contributed by atoms with E-state index in [2.05, 4.69) is 0 Å². The highest BCUT2D eigenvalue weighted by atomic mass is 32.1. The third-order valence-corrected chi connectivity index (χ3v) is 3.13. The second-order valence-corrected chi connectivity index (χ2v) is 4.46. The van der Waals surface area contributed by atoms with E-state index in [9.17, 15) is 9.18 Å². The first-order valence-corrected chi connectivity index (χ1v) is 6.28. The van der Waals surface area contributed by atoms with Gasteiger partial charge < -0.3 is 9.84 Å². The molecule has 0 bridgehead atoms. The lowest BCUT2D eigenvalue weighted by molar-refractivity contribution is 0.0692. The Morgan fingerprint density at radius 3 is 2.89 bits per heavy atom.